The number of aliphatic carboxylic acids is 1. The zero-order chi connectivity index (χ0) is 8.43. The fourth-order valence-corrected chi connectivity index (χ4v) is 2.69. The first-order valence-corrected chi connectivity index (χ1v) is 4.78. The average molecular weight is 175 g/mol. The number of carbonyl (C=O) groups is 1. The van der Waals surface area contributed by atoms with Crippen LogP contribution in [0.2, 0.25) is 0 Å². The third-order valence-corrected chi connectivity index (χ3v) is 3.59. The second-order valence-electron chi connectivity index (χ2n) is 2.72. The first-order chi connectivity index (χ1) is 5.16. The molecule has 4 heteroatoms. The lowest BCUT2D eigenvalue weighted by Crippen LogP contribution is -2.38. The van der Waals surface area contributed by atoms with Crippen molar-refractivity contribution in [1.82, 2.24) is 4.90 Å². The van der Waals surface area contributed by atoms with Crippen LogP contribution in [0.1, 0.15) is 13.3 Å². The summed E-state index contributed by atoms with van der Waals surface area (Å²) in [5.74, 6) is 0.0283. The van der Waals surface area contributed by atoms with Gasteiger partial charge in [-0.3, -0.25) is 9.69 Å². The van der Waals surface area contributed by atoms with E-state index in [9.17, 15) is 4.79 Å². The SMILES string of the molecule is CCC1SCC(C(=O)O)N1C. The Hall–Kier alpha value is -0.220. The molecule has 1 aliphatic rings. The van der Waals surface area contributed by atoms with E-state index in [-0.39, 0.29) is 6.04 Å². The Labute approximate surface area is 70.8 Å². The highest BCUT2D eigenvalue weighted by atomic mass is 32.2. The van der Waals surface area contributed by atoms with Gasteiger partial charge in [0.05, 0.1) is 5.37 Å². The first-order valence-electron chi connectivity index (χ1n) is 3.73. The Morgan fingerprint density at radius 2 is 2.45 bits per heavy atom. The maximum Gasteiger partial charge on any atom is 0.321 e. The molecule has 0 spiro atoms. The highest BCUT2D eigenvalue weighted by molar-refractivity contribution is 8.00. The van der Waals surface area contributed by atoms with Crippen molar-refractivity contribution in [2.75, 3.05) is 12.8 Å². The Bertz CT molecular complexity index is 163. The molecule has 1 heterocycles. The second kappa shape index (κ2) is 3.45. The van der Waals surface area contributed by atoms with Crippen LogP contribution in [0.4, 0.5) is 0 Å². The van der Waals surface area contributed by atoms with E-state index in [1.54, 1.807) is 11.8 Å². The van der Waals surface area contributed by atoms with Crippen LogP contribution in [0.15, 0.2) is 0 Å². The van der Waals surface area contributed by atoms with Gasteiger partial charge in [-0.05, 0) is 13.5 Å². The van der Waals surface area contributed by atoms with Crippen molar-refractivity contribution in [2.24, 2.45) is 0 Å². The third kappa shape index (κ3) is 1.68. The van der Waals surface area contributed by atoms with E-state index in [2.05, 4.69) is 6.92 Å². The Balaban J connectivity index is 2.55. The van der Waals surface area contributed by atoms with Gasteiger partial charge in [0.2, 0.25) is 0 Å². The van der Waals surface area contributed by atoms with E-state index in [0.29, 0.717) is 5.37 Å². The Kier molecular flexibility index (Phi) is 2.78. The molecule has 1 fully saturated rings. The zero-order valence-corrected chi connectivity index (χ0v) is 7.60. The second-order valence-corrected chi connectivity index (χ2v) is 3.93. The molecule has 2 atom stereocenters. The fraction of sp³-hybridized carbons (Fsp3) is 0.857. The molecule has 3 nitrogen and oxygen atoms in total. The van der Waals surface area contributed by atoms with Crippen molar-refractivity contribution in [2.45, 2.75) is 24.8 Å². The fourth-order valence-electron chi connectivity index (χ4n) is 1.29. The predicted octanol–water partition coefficient (Wildman–Crippen LogP) is 0.854. The van der Waals surface area contributed by atoms with Crippen LogP contribution in [0.3, 0.4) is 0 Å². The van der Waals surface area contributed by atoms with Gasteiger partial charge in [-0.2, -0.15) is 0 Å². The highest BCUT2D eigenvalue weighted by Crippen LogP contribution is 2.29. The van der Waals surface area contributed by atoms with Gasteiger partial charge in [0, 0.05) is 5.75 Å². The van der Waals surface area contributed by atoms with Gasteiger partial charge < -0.3 is 5.11 Å². The molecule has 0 amide bonds. The predicted molar refractivity (Wildman–Crippen MR) is 45.7 cm³/mol. The standard InChI is InChI=1S/C7H13NO2S/c1-3-6-8(2)5(4-11-6)7(9)10/h5-6H,3-4H2,1-2H3,(H,9,10). The first kappa shape index (κ1) is 8.87. The summed E-state index contributed by atoms with van der Waals surface area (Å²) in [4.78, 5) is 12.6. The van der Waals surface area contributed by atoms with Gasteiger partial charge >= 0.3 is 5.97 Å². The van der Waals surface area contributed by atoms with Crippen LogP contribution in [-0.2, 0) is 4.79 Å². The van der Waals surface area contributed by atoms with Gasteiger partial charge in [0.25, 0.3) is 0 Å². The molecule has 64 valence electrons. The topological polar surface area (TPSA) is 40.5 Å². The van der Waals surface area contributed by atoms with Crippen molar-refractivity contribution in [3.63, 3.8) is 0 Å². The summed E-state index contributed by atoms with van der Waals surface area (Å²) < 4.78 is 0. The van der Waals surface area contributed by atoms with Crippen LogP contribution in [-0.4, -0.2) is 40.2 Å². The number of hydrogen-bond donors (Lipinski definition) is 1. The molecule has 0 aromatic heterocycles. The third-order valence-electron chi connectivity index (χ3n) is 2.03. The largest absolute Gasteiger partial charge is 0.480 e. The molecular weight excluding hydrogens is 162 g/mol. The molecule has 11 heavy (non-hydrogen) atoms. The molecule has 0 bridgehead atoms. The summed E-state index contributed by atoms with van der Waals surface area (Å²) in [6.07, 6.45) is 1.02. The molecule has 1 N–H and O–H groups in total. The molecular formula is C7H13NO2S. The van der Waals surface area contributed by atoms with Crippen LogP contribution in [0.5, 0.6) is 0 Å². The van der Waals surface area contributed by atoms with Crippen molar-refractivity contribution >= 4 is 17.7 Å². The van der Waals surface area contributed by atoms with Gasteiger partial charge in [-0.1, -0.05) is 6.92 Å². The number of likely N-dealkylation sites (N-methyl/N-ethyl adjacent to an activating group) is 1. The number of carboxylic acids is 1. The Morgan fingerprint density at radius 3 is 2.73 bits per heavy atom. The monoisotopic (exact) mass is 175 g/mol. The van der Waals surface area contributed by atoms with Crippen molar-refractivity contribution in [3.8, 4) is 0 Å². The summed E-state index contributed by atoms with van der Waals surface area (Å²) in [5.41, 5.74) is 0. The normalized spacial score (nSPS) is 32.5. The highest BCUT2D eigenvalue weighted by Gasteiger charge is 2.34. The minimum atomic E-state index is -0.698. The minimum Gasteiger partial charge on any atom is -0.480 e. The number of rotatable bonds is 2. The van der Waals surface area contributed by atoms with Crippen LogP contribution >= 0.6 is 11.8 Å². The lowest BCUT2D eigenvalue weighted by atomic mass is 10.3. The van der Waals surface area contributed by atoms with E-state index in [1.165, 1.54) is 0 Å². The summed E-state index contributed by atoms with van der Waals surface area (Å²) >= 11 is 1.73. The zero-order valence-electron chi connectivity index (χ0n) is 6.78. The average Bonchev–Trinajstić information content (AvgIpc) is 2.30. The van der Waals surface area contributed by atoms with E-state index in [0.717, 1.165) is 12.2 Å². The molecule has 1 aliphatic heterocycles. The lowest BCUT2D eigenvalue weighted by Gasteiger charge is -2.20. The molecule has 0 aromatic carbocycles. The minimum absolute atomic E-state index is 0.273. The van der Waals surface area contributed by atoms with E-state index < -0.39 is 5.97 Å². The molecule has 0 aliphatic carbocycles. The number of hydrogen-bond acceptors (Lipinski definition) is 3. The van der Waals surface area contributed by atoms with E-state index in [1.807, 2.05) is 11.9 Å². The van der Waals surface area contributed by atoms with Crippen LogP contribution in [0.25, 0.3) is 0 Å². The van der Waals surface area contributed by atoms with Gasteiger partial charge in [0.15, 0.2) is 0 Å². The maximum atomic E-state index is 10.6. The Morgan fingerprint density at radius 1 is 1.82 bits per heavy atom. The molecule has 1 saturated heterocycles. The van der Waals surface area contributed by atoms with Gasteiger partial charge in [-0.15, -0.1) is 11.8 Å². The summed E-state index contributed by atoms with van der Waals surface area (Å²) in [6, 6.07) is -0.273. The van der Waals surface area contributed by atoms with Crippen molar-refractivity contribution in [3.05, 3.63) is 0 Å². The van der Waals surface area contributed by atoms with Crippen molar-refractivity contribution in [1.29, 1.82) is 0 Å². The molecule has 2 unspecified atom stereocenters. The van der Waals surface area contributed by atoms with Crippen LogP contribution in [0, 0.1) is 0 Å². The smallest absolute Gasteiger partial charge is 0.321 e. The van der Waals surface area contributed by atoms with Crippen molar-refractivity contribution < 1.29 is 9.90 Å². The van der Waals surface area contributed by atoms with Gasteiger partial charge in [-0.25, -0.2) is 0 Å². The molecule has 1 rings (SSSR count). The quantitative estimate of drug-likeness (QED) is 0.675. The number of thioether (sulfide) groups is 1. The van der Waals surface area contributed by atoms with E-state index >= 15 is 0 Å². The maximum absolute atomic E-state index is 10.6. The summed E-state index contributed by atoms with van der Waals surface area (Å²) in [6.45, 7) is 2.08. The molecule has 0 radical (unpaired) electrons. The van der Waals surface area contributed by atoms with Crippen LogP contribution < -0.4 is 0 Å². The number of carboxylic acid groups (broad SMARTS) is 1. The summed E-state index contributed by atoms with van der Waals surface area (Å²) in [5, 5.41) is 9.14. The lowest BCUT2D eigenvalue weighted by molar-refractivity contribution is -0.141. The van der Waals surface area contributed by atoms with Gasteiger partial charge in [0.1, 0.15) is 6.04 Å². The molecule has 0 aromatic rings. The molecule has 0 saturated carbocycles. The summed E-state index contributed by atoms with van der Waals surface area (Å²) in [7, 11) is 1.88. The number of nitrogens with zero attached hydrogens (tertiary/aromatic N) is 1. The van der Waals surface area contributed by atoms with E-state index in [4.69, 9.17) is 5.11 Å².